The summed E-state index contributed by atoms with van der Waals surface area (Å²) in [4.78, 5) is 1.86. The van der Waals surface area contributed by atoms with Gasteiger partial charge in [0.2, 0.25) is 0 Å². The standard InChI is InChI=1S/C12H17N3O3/c13-8-1-2-9-12(18-6-5-17-9)11(8)15-4-3-14-7-10(15)16/h1-2,10,14,16H,3-7,13H2. The van der Waals surface area contributed by atoms with Crippen LogP contribution >= 0.6 is 0 Å². The van der Waals surface area contributed by atoms with Crippen molar-refractivity contribution in [3.05, 3.63) is 12.1 Å². The molecule has 1 saturated heterocycles. The van der Waals surface area contributed by atoms with Crippen molar-refractivity contribution in [3.8, 4) is 11.5 Å². The minimum absolute atomic E-state index is 0.506. The zero-order valence-electron chi connectivity index (χ0n) is 10.1. The largest absolute Gasteiger partial charge is 0.486 e. The molecule has 0 saturated carbocycles. The number of fused-ring (bicyclic) bond motifs is 1. The van der Waals surface area contributed by atoms with Crippen molar-refractivity contribution in [1.82, 2.24) is 5.32 Å². The highest BCUT2D eigenvalue weighted by atomic mass is 16.6. The van der Waals surface area contributed by atoms with Crippen molar-refractivity contribution < 1.29 is 14.6 Å². The molecule has 0 radical (unpaired) electrons. The Balaban J connectivity index is 2.04. The van der Waals surface area contributed by atoms with Crippen LogP contribution in [-0.4, -0.2) is 44.2 Å². The smallest absolute Gasteiger partial charge is 0.186 e. The third kappa shape index (κ3) is 1.83. The van der Waals surface area contributed by atoms with E-state index in [2.05, 4.69) is 5.32 Å². The molecule has 6 nitrogen and oxygen atoms in total. The van der Waals surface area contributed by atoms with E-state index in [1.165, 1.54) is 0 Å². The van der Waals surface area contributed by atoms with Crippen LogP contribution in [0.5, 0.6) is 11.5 Å². The predicted molar refractivity (Wildman–Crippen MR) is 68.1 cm³/mol. The molecule has 3 rings (SSSR count). The van der Waals surface area contributed by atoms with Crippen LogP contribution in [0.2, 0.25) is 0 Å². The fraction of sp³-hybridized carbons (Fsp3) is 0.500. The Kier molecular flexibility index (Phi) is 2.89. The summed E-state index contributed by atoms with van der Waals surface area (Å²) in [7, 11) is 0. The van der Waals surface area contributed by atoms with Gasteiger partial charge in [-0.15, -0.1) is 0 Å². The highest BCUT2D eigenvalue weighted by Gasteiger charge is 2.28. The average molecular weight is 251 g/mol. The first-order valence-electron chi connectivity index (χ1n) is 6.11. The Bertz CT molecular complexity index is 452. The summed E-state index contributed by atoms with van der Waals surface area (Å²) in [5.41, 5.74) is 7.36. The van der Waals surface area contributed by atoms with Crippen LogP contribution < -0.4 is 25.4 Å². The van der Waals surface area contributed by atoms with E-state index < -0.39 is 6.23 Å². The number of nitrogen functional groups attached to an aromatic ring is 1. The molecule has 1 aromatic carbocycles. The molecule has 6 heteroatoms. The minimum Gasteiger partial charge on any atom is -0.486 e. The second-order valence-electron chi connectivity index (χ2n) is 4.41. The number of nitrogens with one attached hydrogen (secondary N) is 1. The second-order valence-corrected chi connectivity index (χ2v) is 4.41. The first-order chi connectivity index (χ1) is 8.77. The summed E-state index contributed by atoms with van der Waals surface area (Å²) < 4.78 is 11.2. The van der Waals surface area contributed by atoms with Gasteiger partial charge < -0.3 is 30.5 Å². The summed E-state index contributed by atoms with van der Waals surface area (Å²) in [5.74, 6) is 1.33. The van der Waals surface area contributed by atoms with E-state index in [-0.39, 0.29) is 0 Å². The molecule has 18 heavy (non-hydrogen) atoms. The minimum atomic E-state index is -0.599. The normalized spacial score (nSPS) is 22.9. The summed E-state index contributed by atoms with van der Waals surface area (Å²) in [6, 6.07) is 3.60. The van der Waals surface area contributed by atoms with Gasteiger partial charge in [-0.1, -0.05) is 0 Å². The lowest BCUT2D eigenvalue weighted by atomic mass is 10.1. The number of piperazine rings is 1. The van der Waals surface area contributed by atoms with Crippen molar-refractivity contribution in [1.29, 1.82) is 0 Å². The van der Waals surface area contributed by atoms with Gasteiger partial charge >= 0.3 is 0 Å². The van der Waals surface area contributed by atoms with Crippen molar-refractivity contribution in [3.63, 3.8) is 0 Å². The molecule has 1 fully saturated rings. The molecule has 1 unspecified atom stereocenters. The zero-order valence-corrected chi connectivity index (χ0v) is 10.1. The van der Waals surface area contributed by atoms with Gasteiger partial charge in [-0.05, 0) is 12.1 Å². The molecular weight excluding hydrogens is 234 g/mol. The van der Waals surface area contributed by atoms with Gasteiger partial charge in [0.05, 0.1) is 5.69 Å². The van der Waals surface area contributed by atoms with Crippen LogP contribution in [0.1, 0.15) is 0 Å². The Morgan fingerprint density at radius 1 is 1.33 bits per heavy atom. The van der Waals surface area contributed by atoms with Crippen molar-refractivity contribution in [2.45, 2.75) is 6.23 Å². The van der Waals surface area contributed by atoms with Gasteiger partial charge in [0.25, 0.3) is 0 Å². The molecule has 0 bridgehead atoms. The lowest BCUT2D eigenvalue weighted by Crippen LogP contribution is -2.51. The van der Waals surface area contributed by atoms with Crippen LogP contribution in [0, 0.1) is 0 Å². The quantitative estimate of drug-likeness (QED) is 0.598. The maximum Gasteiger partial charge on any atom is 0.186 e. The number of benzene rings is 1. The SMILES string of the molecule is Nc1ccc2c(c1N1CCNCC1O)OCCO2. The highest BCUT2D eigenvalue weighted by molar-refractivity contribution is 5.79. The molecule has 98 valence electrons. The summed E-state index contributed by atoms with van der Waals surface area (Å²) in [6.07, 6.45) is -0.599. The number of aliphatic hydroxyl groups excluding tert-OH is 1. The first-order valence-corrected chi connectivity index (χ1v) is 6.11. The van der Waals surface area contributed by atoms with Crippen LogP contribution in [0.4, 0.5) is 11.4 Å². The number of hydrogen-bond donors (Lipinski definition) is 3. The van der Waals surface area contributed by atoms with Crippen molar-refractivity contribution >= 4 is 11.4 Å². The topological polar surface area (TPSA) is 80.0 Å². The van der Waals surface area contributed by atoms with Crippen LogP contribution in [0.15, 0.2) is 12.1 Å². The number of β-amino-alcohol motifs (C(OH)–C–C–N with tert-alkyl or cyclic N) is 1. The first kappa shape index (κ1) is 11.4. The monoisotopic (exact) mass is 251 g/mol. The summed E-state index contributed by atoms with van der Waals surface area (Å²) in [6.45, 7) is 3.06. The maximum atomic E-state index is 10.1. The molecule has 0 aromatic heterocycles. The fourth-order valence-electron chi connectivity index (χ4n) is 2.36. The number of rotatable bonds is 1. The molecule has 2 heterocycles. The Labute approximate surface area is 105 Å². The van der Waals surface area contributed by atoms with E-state index in [9.17, 15) is 5.11 Å². The van der Waals surface area contributed by atoms with E-state index in [0.29, 0.717) is 43.5 Å². The number of hydrogen-bond acceptors (Lipinski definition) is 6. The molecule has 2 aliphatic rings. The van der Waals surface area contributed by atoms with E-state index in [0.717, 1.165) is 12.2 Å². The van der Waals surface area contributed by atoms with E-state index in [4.69, 9.17) is 15.2 Å². The number of anilines is 2. The van der Waals surface area contributed by atoms with E-state index in [1.54, 1.807) is 6.07 Å². The molecular formula is C12H17N3O3. The number of nitrogens with zero attached hydrogens (tertiary/aromatic N) is 1. The second kappa shape index (κ2) is 4.55. The molecule has 0 aliphatic carbocycles. The van der Waals surface area contributed by atoms with Crippen LogP contribution in [-0.2, 0) is 0 Å². The van der Waals surface area contributed by atoms with Crippen LogP contribution in [0.3, 0.4) is 0 Å². The zero-order chi connectivity index (χ0) is 12.5. The van der Waals surface area contributed by atoms with Gasteiger partial charge in [0.15, 0.2) is 11.5 Å². The van der Waals surface area contributed by atoms with Gasteiger partial charge in [0.1, 0.15) is 25.1 Å². The van der Waals surface area contributed by atoms with Gasteiger partial charge in [-0.25, -0.2) is 0 Å². The Morgan fingerprint density at radius 3 is 3.00 bits per heavy atom. The molecule has 0 amide bonds. The summed E-state index contributed by atoms with van der Waals surface area (Å²) >= 11 is 0. The van der Waals surface area contributed by atoms with Gasteiger partial charge in [0, 0.05) is 19.6 Å². The summed E-state index contributed by atoms with van der Waals surface area (Å²) in [5, 5.41) is 13.2. The van der Waals surface area contributed by atoms with Crippen molar-refractivity contribution in [2.24, 2.45) is 0 Å². The van der Waals surface area contributed by atoms with E-state index in [1.807, 2.05) is 11.0 Å². The van der Waals surface area contributed by atoms with E-state index >= 15 is 0 Å². The number of aliphatic hydroxyl groups is 1. The Hall–Kier alpha value is -1.66. The Morgan fingerprint density at radius 2 is 2.17 bits per heavy atom. The molecule has 0 spiro atoms. The van der Waals surface area contributed by atoms with Gasteiger partial charge in [-0.3, -0.25) is 0 Å². The fourth-order valence-corrected chi connectivity index (χ4v) is 2.36. The predicted octanol–water partition coefficient (Wildman–Crippen LogP) is -0.232. The lowest BCUT2D eigenvalue weighted by molar-refractivity contribution is 0.146. The highest BCUT2D eigenvalue weighted by Crippen LogP contribution is 2.44. The van der Waals surface area contributed by atoms with Crippen LogP contribution in [0.25, 0.3) is 0 Å². The van der Waals surface area contributed by atoms with Crippen molar-refractivity contribution in [2.75, 3.05) is 43.5 Å². The third-order valence-electron chi connectivity index (χ3n) is 3.22. The maximum absolute atomic E-state index is 10.1. The number of nitrogens with two attached hydrogens (primary N) is 1. The molecule has 1 aromatic rings. The molecule has 4 N–H and O–H groups in total. The lowest BCUT2D eigenvalue weighted by Gasteiger charge is -2.37. The van der Waals surface area contributed by atoms with Gasteiger partial charge in [-0.2, -0.15) is 0 Å². The number of ether oxygens (including phenoxy) is 2. The third-order valence-corrected chi connectivity index (χ3v) is 3.22. The molecule has 2 aliphatic heterocycles. The molecule has 1 atom stereocenters. The average Bonchev–Trinajstić information content (AvgIpc) is 2.40.